The Hall–Kier alpha value is -0.553. The molecule has 0 aromatic rings. The Balaban J connectivity index is 2.71. The maximum atomic E-state index is 11.4. The van der Waals surface area contributed by atoms with Crippen LogP contribution in [0.1, 0.15) is 47.5 Å². The molecule has 5 heteroatoms. The highest BCUT2D eigenvalue weighted by molar-refractivity contribution is 6.74. The Bertz CT molecular complexity index is 347. The average Bonchev–Trinajstić information content (AvgIpc) is 2.49. The van der Waals surface area contributed by atoms with E-state index in [4.69, 9.17) is 4.43 Å². The third-order valence-corrected chi connectivity index (χ3v) is 9.26. The quantitative estimate of drug-likeness (QED) is 0.800. The fourth-order valence-electron chi connectivity index (χ4n) is 2.36. The van der Waals surface area contributed by atoms with Crippen LogP contribution in [0.5, 0.6) is 0 Å². The van der Waals surface area contributed by atoms with Gasteiger partial charge in [-0.05, 0) is 44.8 Å². The predicted octanol–water partition coefficient (Wildman–Crippen LogP) is 3.93. The van der Waals surface area contributed by atoms with Crippen LogP contribution in [0, 0.1) is 0 Å². The summed E-state index contributed by atoms with van der Waals surface area (Å²) in [4.78, 5) is 13.0. The standard InChI is InChI=1S/C14H29NO3Si/c1-13(2,3)19(6,7)18-10-11-8-9-14(4,5)15(11)12(16)17/h11H,8-10H2,1-7H3,(H,16,17)/t11-/m1/s1. The Morgan fingerprint density at radius 1 is 1.42 bits per heavy atom. The van der Waals surface area contributed by atoms with Gasteiger partial charge in [-0.15, -0.1) is 0 Å². The van der Waals surface area contributed by atoms with Crippen molar-refractivity contribution in [3.05, 3.63) is 0 Å². The fourth-order valence-corrected chi connectivity index (χ4v) is 3.40. The highest BCUT2D eigenvalue weighted by Gasteiger charge is 2.44. The summed E-state index contributed by atoms with van der Waals surface area (Å²) in [6, 6.07) is 0.00150. The highest BCUT2D eigenvalue weighted by atomic mass is 28.4. The Morgan fingerprint density at radius 3 is 2.37 bits per heavy atom. The zero-order chi connectivity index (χ0) is 15.1. The molecule has 1 saturated heterocycles. The number of carbonyl (C=O) groups is 1. The average molecular weight is 287 g/mol. The summed E-state index contributed by atoms with van der Waals surface area (Å²) in [6.07, 6.45) is 0.977. The number of carboxylic acid groups (broad SMARTS) is 1. The molecule has 1 N–H and O–H groups in total. The summed E-state index contributed by atoms with van der Waals surface area (Å²) in [5.74, 6) is 0. The first kappa shape index (κ1) is 16.5. The smallest absolute Gasteiger partial charge is 0.408 e. The first-order chi connectivity index (χ1) is 8.38. The molecule has 1 aliphatic rings. The van der Waals surface area contributed by atoms with Gasteiger partial charge in [0.1, 0.15) is 0 Å². The van der Waals surface area contributed by atoms with E-state index in [1.165, 1.54) is 0 Å². The van der Waals surface area contributed by atoms with Crippen LogP contribution >= 0.6 is 0 Å². The molecule has 1 rings (SSSR count). The van der Waals surface area contributed by atoms with Gasteiger partial charge in [-0.3, -0.25) is 4.90 Å². The third-order valence-electron chi connectivity index (χ3n) is 4.76. The molecule has 0 aromatic carbocycles. The lowest BCUT2D eigenvalue weighted by atomic mass is 10.0. The molecule has 1 heterocycles. The highest BCUT2D eigenvalue weighted by Crippen LogP contribution is 2.38. The van der Waals surface area contributed by atoms with Gasteiger partial charge in [-0.1, -0.05) is 20.8 Å². The summed E-state index contributed by atoms with van der Waals surface area (Å²) in [5, 5.41) is 9.55. The minimum Gasteiger partial charge on any atom is -0.465 e. The molecular weight excluding hydrogens is 258 g/mol. The minimum absolute atomic E-state index is 0.00150. The van der Waals surface area contributed by atoms with E-state index in [0.717, 1.165) is 12.8 Å². The second-order valence-electron chi connectivity index (χ2n) is 7.73. The van der Waals surface area contributed by atoms with Crippen molar-refractivity contribution in [3.8, 4) is 0 Å². The van der Waals surface area contributed by atoms with Gasteiger partial charge in [-0.2, -0.15) is 0 Å². The molecule has 1 fully saturated rings. The lowest BCUT2D eigenvalue weighted by Gasteiger charge is -2.39. The number of likely N-dealkylation sites (tertiary alicyclic amines) is 1. The van der Waals surface area contributed by atoms with E-state index in [0.29, 0.717) is 6.61 Å². The molecule has 0 bridgehead atoms. The van der Waals surface area contributed by atoms with Crippen LogP contribution in [0.4, 0.5) is 4.79 Å². The van der Waals surface area contributed by atoms with Crippen LogP contribution in [0.2, 0.25) is 18.1 Å². The summed E-state index contributed by atoms with van der Waals surface area (Å²) in [7, 11) is -1.80. The summed E-state index contributed by atoms with van der Waals surface area (Å²) >= 11 is 0. The van der Waals surface area contributed by atoms with E-state index in [9.17, 15) is 9.90 Å². The van der Waals surface area contributed by atoms with E-state index >= 15 is 0 Å². The molecule has 0 radical (unpaired) electrons. The van der Waals surface area contributed by atoms with Crippen LogP contribution < -0.4 is 0 Å². The zero-order valence-electron chi connectivity index (χ0n) is 13.4. The monoisotopic (exact) mass is 287 g/mol. The van der Waals surface area contributed by atoms with E-state index in [-0.39, 0.29) is 16.6 Å². The van der Waals surface area contributed by atoms with Crippen LogP contribution in [0.3, 0.4) is 0 Å². The van der Waals surface area contributed by atoms with Gasteiger partial charge < -0.3 is 9.53 Å². The van der Waals surface area contributed by atoms with Crippen LogP contribution in [-0.2, 0) is 4.43 Å². The van der Waals surface area contributed by atoms with Gasteiger partial charge in [0.2, 0.25) is 0 Å². The predicted molar refractivity (Wildman–Crippen MR) is 80.1 cm³/mol. The normalized spacial score (nSPS) is 23.7. The maximum absolute atomic E-state index is 11.4. The summed E-state index contributed by atoms with van der Waals surface area (Å²) in [5.41, 5.74) is -0.271. The zero-order valence-corrected chi connectivity index (χ0v) is 14.4. The fraction of sp³-hybridized carbons (Fsp3) is 0.929. The molecule has 0 saturated carbocycles. The van der Waals surface area contributed by atoms with Crippen molar-refractivity contribution < 1.29 is 14.3 Å². The van der Waals surface area contributed by atoms with Crippen molar-refractivity contribution in [2.75, 3.05) is 6.61 Å². The van der Waals surface area contributed by atoms with Gasteiger partial charge >= 0.3 is 6.09 Å². The van der Waals surface area contributed by atoms with Gasteiger partial charge in [0, 0.05) is 5.54 Å². The molecule has 1 amide bonds. The van der Waals surface area contributed by atoms with Gasteiger partial charge in [0.05, 0.1) is 12.6 Å². The van der Waals surface area contributed by atoms with E-state index in [1.807, 2.05) is 13.8 Å². The Morgan fingerprint density at radius 2 is 1.95 bits per heavy atom. The molecule has 1 aliphatic heterocycles. The second kappa shape index (κ2) is 5.09. The summed E-state index contributed by atoms with van der Waals surface area (Å²) in [6.45, 7) is 15.5. The van der Waals surface area contributed by atoms with Crippen molar-refractivity contribution in [2.24, 2.45) is 0 Å². The molecule has 0 aliphatic carbocycles. The van der Waals surface area contributed by atoms with Gasteiger partial charge in [0.15, 0.2) is 8.32 Å². The van der Waals surface area contributed by atoms with E-state index in [2.05, 4.69) is 33.9 Å². The van der Waals surface area contributed by atoms with Crippen LogP contribution in [0.15, 0.2) is 0 Å². The number of hydrogen-bond donors (Lipinski definition) is 1. The van der Waals surface area contributed by atoms with Crippen molar-refractivity contribution in [1.82, 2.24) is 4.90 Å². The molecule has 0 aromatic heterocycles. The minimum atomic E-state index is -1.80. The van der Waals surface area contributed by atoms with Crippen LogP contribution in [-0.4, -0.2) is 42.6 Å². The maximum Gasteiger partial charge on any atom is 0.408 e. The third kappa shape index (κ3) is 3.51. The molecule has 112 valence electrons. The Kier molecular flexibility index (Phi) is 4.42. The molecule has 0 unspecified atom stereocenters. The lowest BCUT2D eigenvalue weighted by Crippen LogP contribution is -2.50. The SMILES string of the molecule is CC1(C)CC[C@H](CO[Si](C)(C)C(C)(C)C)N1C(=O)O. The van der Waals surface area contributed by atoms with Crippen molar-refractivity contribution in [1.29, 1.82) is 0 Å². The molecule has 19 heavy (non-hydrogen) atoms. The van der Waals surface area contributed by atoms with Gasteiger partial charge in [0.25, 0.3) is 0 Å². The Labute approximate surface area is 118 Å². The number of nitrogens with zero attached hydrogens (tertiary/aromatic N) is 1. The van der Waals surface area contributed by atoms with Crippen molar-refractivity contribution in [3.63, 3.8) is 0 Å². The first-order valence-corrected chi connectivity index (χ1v) is 9.95. The molecule has 1 atom stereocenters. The lowest BCUT2D eigenvalue weighted by molar-refractivity contribution is 0.0778. The molecule has 0 spiro atoms. The topological polar surface area (TPSA) is 49.8 Å². The number of hydrogen-bond acceptors (Lipinski definition) is 2. The largest absolute Gasteiger partial charge is 0.465 e. The molecular formula is C14H29NO3Si. The summed E-state index contributed by atoms with van der Waals surface area (Å²) < 4.78 is 6.19. The van der Waals surface area contributed by atoms with Crippen LogP contribution in [0.25, 0.3) is 0 Å². The second-order valence-corrected chi connectivity index (χ2v) is 12.5. The van der Waals surface area contributed by atoms with Crippen molar-refractivity contribution >= 4 is 14.4 Å². The molecule has 4 nitrogen and oxygen atoms in total. The van der Waals surface area contributed by atoms with Gasteiger partial charge in [-0.25, -0.2) is 4.79 Å². The first-order valence-electron chi connectivity index (χ1n) is 7.05. The number of amides is 1. The van der Waals surface area contributed by atoms with E-state index in [1.54, 1.807) is 4.90 Å². The number of rotatable bonds is 3. The van der Waals surface area contributed by atoms with Crippen molar-refractivity contribution in [2.45, 2.75) is 77.2 Å². The van der Waals surface area contributed by atoms with E-state index < -0.39 is 14.4 Å².